The zero-order valence-corrected chi connectivity index (χ0v) is 12.2. The van der Waals surface area contributed by atoms with E-state index in [1.807, 2.05) is 18.2 Å². The maximum atomic E-state index is 11.9. The minimum absolute atomic E-state index is 0.136. The second kappa shape index (κ2) is 6.95. The number of furan rings is 1. The molecule has 1 heterocycles. The zero-order valence-electron chi connectivity index (χ0n) is 11.5. The van der Waals surface area contributed by atoms with Crippen molar-refractivity contribution in [2.24, 2.45) is 0 Å². The topological polar surface area (TPSA) is 71.3 Å². The SMILES string of the molecule is CC(=O)NCCNC(=O)c1ccc(-c2ccccc2Cl)o1. The van der Waals surface area contributed by atoms with Crippen molar-refractivity contribution in [1.82, 2.24) is 10.6 Å². The second-order valence-electron chi connectivity index (χ2n) is 4.38. The van der Waals surface area contributed by atoms with Crippen molar-refractivity contribution in [1.29, 1.82) is 0 Å². The molecule has 0 saturated heterocycles. The van der Waals surface area contributed by atoms with Gasteiger partial charge in [0.2, 0.25) is 5.91 Å². The Morgan fingerprint density at radius 2 is 1.81 bits per heavy atom. The van der Waals surface area contributed by atoms with E-state index >= 15 is 0 Å². The lowest BCUT2D eigenvalue weighted by Gasteiger charge is -2.04. The molecule has 0 unspecified atom stereocenters. The summed E-state index contributed by atoms with van der Waals surface area (Å²) in [4.78, 5) is 22.6. The molecular weight excluding hydrogens is 292 g/mol. The number of benzene rings is 1. The van der Waals surface area contributed by atoms with E-state index in [2.05, 4.69) is 10.6 Å². The summed E-state index contributed by atoms with van der Waals surface area (Å²) in [6.45, 7) is 2.13. The summed E-state index contributed by atoms with van der Waals surface area (Å²) >= 11 is 6.08. The lowest BCUT2D eigenvalue weighted by molar-refractivity contribution is -0.118. The third-order valence-electron chi connectivity index (χ3n) is 2.75. The monoisotopic (exact) mass is 306 g/mol. The summed E-state index contributed by atoms with van der Waals surface area (Å²) in [6, 6.07) is 10.5. The van der Waals surface area contributed by atoms with Gasteiger partial charge in [0.1, 0.15) is 5.76 Å². The number of hydrogen-bond acceptors (Lipinski definition) is 3. The predicted octanol–water partition coefficient (Wildman–Crippen LogP) is 2.47. The molecule has 2 N–H and O–H groups in total. The number of carbonyl (C=O) groups excluding carboxylic acids is 2. The van der Waals surface area contributed by atoms with Crippen LogP contribution in [0.5, 0.6) is 0 Å². The number of carbonyl (C=O) groups is 2. The second-order valence-corrected chi connectivity index (χ2v) is 4.79. The van der Waals surface area contributed by atoms with Gasteiger partial charge in [0.05, 0.1) is 5.02 Å². The molecule has 2 aromatic rings. The van der Waals surface area contributed by atoms with Crippen molar-refractivity contribution in [3.05, 3.63) is 47.2 Å². The van der Waals surface area contributed by atoms with Crippen LogP contribution in [0.2, 0.25) is 5.02 Å². The Morgan fingerprint density at radius 3 is 2.52 bits per heavy atom. The van der Waals surface area contributed by atoms with Crippen LogP contribution in [0.15, 0.2) is 40.8 Å². The Kier molecular flexibility index (Phi) is 5.00. The van der Waals surface area contributed by atoms with Crippen molar-refractivity contribution in [3.8, 4) is 11.3 Å². The van der Waals surface area contributed by atoms with Gasteiger partial charge in [-0.25, -0.2) is 0 Å². The Morgan fingerprint density at radius 1 is 1.10 bits per heavy atom. The normalized spacial score (nSPS) is 10.2. The van der Waals surface area contributed by atoms with Crippen molar-refractivity contribution in [2.75, 3.05) is 13.1 Å². The molecule has 6 heteroatoms. The quantitative estimate of drug-likeness (QED) is 0.834. The fraction of sp³-hybridized carbons (Fsp3) is 0.200. The molecule has 2 rings (SSSR count). The largest absolute Gasteiger partial charge is 0.451 e. The maximum Gasteiger partial charge on any atom is 0.287 e. The molecule has 21 heavy (non-hydrogen) atoms. The molecule has 0 aliphatic heterocycles. The summed E-state index contributed by atoms with van der Waals surface area (Å²) in [5.74, 6) is 0.266. The number of amides is 2. The van der Waals surface area contributed by atoms with Gasteiger partial charge < -0.3 is 15.1 Å². The Balaban J connectivity index is 1.98. The van der Waals surface area contributed by atoms with Gasteiger partial charge in [-0.2, -0.15) is 0 Å². The summed E-state index contributed by atoms with van der Waals surface area (Å²) < 4.78 is 5.51. The number of halogens is 1. The highest BCUT2D eigenvalue weighted by molar-refractivity contribution is 6.33. The van der Waals surface area contributed by atoms with E-state index in [1.165, 1.54) is 6.92 Å². The van der Waals surface area contributed by atoms with Crippen molar-refractivity contribution < 1.29 is 14.0 Å². The standard InChI is InChI=1S/C15H15ClN2O3/c1-10(19)17-8-9-18-15(20)14-7-6-13(21-14)11-4-2-3-5-12(11)16/h2-7H,8-9H2,1H3,(H,17,19)(H,18,20). The van der Waals surface area contributed by atoms with E-state index < -0.39 is 0 Å². The van der Waals surface area contributed by atoms with E-state index in [9.17, 15) is 9.59 Å². The molecular formula is C15H15ClN2O3. The lowest BCUT2D eigenvalue weighted by atomic mass is 10.2. The van der Waals surface area contributed by atoms with Crippen molar-refractivity contribution in [3.63, 3.8) is 0 Å². The van der Waals surface area contributed by atoms with Gasteiger partial charge in [-0.05, 0) is 24.3 Å². The fourth-order valence-corrected chi connectivity index (χ4v) is 2.00. The Bertz CT molecular complexity index is 652. The molecule has 5 nitrogen and oxygen atoms in total. The van der Waals surface area contributed by atoms with E-state index in [-0.39, 0.29) is 17.6 Å². The smallest absolute Gasteiger partial charge is 0.287 e. The molecule has 0 aliphatic carbocycles. The molecule has 0 aliphatic rings. The summed E-state index contributed by atoms with van der Waals surface area (Å²) in [7, 11) is 0. The molecule has 0 bridgehead atoms. The summed E-state index contributed by atoms with van der Waals surface area (Å²) in [6.07, 6.45) is 0. The van der Waals surface area contributed by atoms with Crippen LogP contribution in [-0.4, -0.2) is 24.9 Å². The highest BCUT2D eigenvalue weighted by Gasteiger charge is 2.13. The molecule has 0 atom stereocenters. The maximum absolute atomic E-state index is 11.9. The zero-order chi connectivity index (χ0) is 15.2. The molecule has 0 saturated carbocycles. The third kappa shape index (κ3) is 4.10. The lowest BCUT2D eigenvalue weighted by Crippen LogP contribution is -2.33. The van der Waals surface area contributed by atoms with Crippen LogP contribution in [0.25, 0.3) is 11.3 Å². The first-order chi connectivity index (χ1) is 10.1. The van der Waals surface area contributed by atoms with Gasteiger partial charge >= 0.3 is 0 Å². The predicted molar refractivity (Wildman–Crippen MR) is 80.2 cm³/mol. The molecule has 110 valence electrons. The van der Waals surface area contributed by atoms with Crippen LogP contribution >= 0.6 is 11.6 Å². The van der Waals surface area contributed by atoms with Crippen molar-refractivity contribution in [2.45, 2.75) is 6.92 Å². The van der Waals surface area contributed by atoms with Crippen LogP contribution < -0.4 is 10.6 Å². The number of rotatable bonds is 5. The highest BCUT2D eigenvalue weighted by atomic mass is 35.5. The van der Waals surface area contributed by atoms with Gasteiger partial charge in [-0.15, -0.1) is 0 Å². The van der Waals surface area contributed by atoms with E-state index in [0.29, 0.717) is 23.9 Å². The van der Waals surface area contributed by atoms with Gasteiger partial charge in [0, 0.05) is 25.6 Å². The Labute approximate surface area is 127 Å². The minimum Gasteiger partial charge on any atom is -0.451 e. The minimum atomic E-state index is -0.335. The van der Waals surface area contributed by atoms with Gasteiger partial charge in [-0.1, -0.05) is 23.7 Å². The van der Waals surface area contributed by atoms with E-state index in [1.54, 1.807) is 18.2 Å². The van der Waals surface area contributed by atoms with Crippen molar-refractivity contribution >= 4 is 23.4 Å². The van der Waals surface area contributed by atoms with E-state index in [0.717, 1.165) is 5.56 Å². The first-order valence-electron chi connectivity index (χ1n) is 6.45. The van der Waals surface area contributed by atoms with Crippen LogP contribution in [0.1, 0.15) is 17.5 Å². The molecule has 1 aromatic carbocycles. The van der Waals surface area contributed by atoms with Crippen LogP contribution in [0.3, 0.4) is 0 Å². The van der Waals surface area contributed by atoms with Gasteiger partial charge in [-0.3, -0.25) is 9.59 Å². The molecule has 0 radical (unpaired) electrons. The Hall–Kier alpha value is -2.27. The molecule has 1 aromatic heterocycles. The van der Waals surface area contributed by atoms with Crippen LogP contribution in [0.4, 0.5) is 0 Å². The fourth-order valence-electron chi connectivity index (χ4n) is 1.77. The average Bonchev–Trinajstić information content (AvgIpc) is 2.93. The number of hydrogen-bond donors (Lipinski definition) is 2. The van der Waals surface area contributed by atoms with Gasteiger partial charge in [0.15, 0.2) is 5.76 Å². The van der Waals surface area contributed by atoms with Crippen LogP contribution in [0, 0.1) is 0 Å². The summed E-state index contributed by atoms with van der Waals surface area (Å²) in [5.41, 5.74) is 0.733. The first kappa shape index (κ1) is 15.1. The van der Waals surface area contributed by atoms with Gasteiger partial charge in [0.25, 0.3) is 5.91 Å². The molecule has 2 amide bonds. The summed E-state index contributed by atoms with van der Waals surface area (Å²) in [5, 5.41) is 5.80. The third-order valence-corrected chi connectivity index (χ3v) is 3.08. The molecule has 0 fully saturated rings. The highest BCUT2D eigenvalue weighted by Crippen LogP contribution is 2.28. The molecule has 0 spiro atoms. The van der Waals surface area contributed by atoms with Crippen LogP contribution in [-0.2, 0) is 4.79 Å². The number of nitrogens with one attached hydrogen (secondary N) is 2. The first-order valence-corrected chi connectivity index (χ1v) is 6.83. The average molecular weight is 307 g/mol. The van der Waals surface area contributed by atoms with E-state index in [4.69, 9.17) is 16.0 Å².